The molecule has 17 heavy (non-hydrogen) atoms. The molecule has 7 heteroatoms. The minimum atomic E-state index is -4.48. The molecule has 0 radical (unpaired) electrons. The Bertz CT molecular complexity index is 419. The summed E-state index contributed by atoms with van der Waals surface area (Å²) in [4.78, 5) is 0. The van der Waals surface area contributed by atoms with Gasteiger partial charge in [-0.2, -0.15) is 18.4 Å². The van der Waals surface area contributed by atoms with Crippen LogP contribution in [0.25, 0.3) is 0 Å². The number of nitrogens with zero attached hydrogens (tertiary/aromatic N) is 1. The number of nitriles is 1. The van der Waals surface area contributed by atoms with E-state index in [1.165, 1.54) is 18.2 Å². The minimum absolute atomic E-state index is 0.0915. The van der Waals surface area contributed by atoms with E-state index in [2.05, 4.69) is 0 Å². The van der Waals surface area contributed by atoms with Gasteiger partial charge in [-0.3, -0.25) is 5.32 Å². The summed E-state index contributed by atoms with van der Waals surface area (Å²) in [7, 11) is 0. The van der Waals surface area contributed by atoms with Crippen LogP contribution in [0, 0.1) is 17.1 Å². The smallest absolute Gasteiger partial charge is 0.290 e. The highest BCUT2D eigenvalue weighted by molar-refractivity contribution is 6.31. The van der Waals surface area contributed by atoms with Crippen molar-refractivity contribution in [2.45, 2.75) is 12.2 Å². The van der Waals surface area contributed by atoms with Gasteiger partial charge < -0.3 is 0 Å². The van der Waals surface area contributed by atoms with Crippen LogP contribution in [0.3, 0.4) is 0 Å². The molecular formula is C10H7ClF4N2. The Kier molecular flexibility index (Phi) is 4.32. The van der Waals surface area contributed by atoms with Gasteiger partial charge in [-0.05, 0) is 12.1 Å². The molecule has 1 aromatic carbocycles. The summed E-state index contributed by atoms with van der Waals surface area (Å²) in [6.07, 6.45) is -4.48. The molecule has 0 aliphatic heterocycles. The van der Waals surface area contributed by atoms with Gasteiger partial charge in [0.25, 0.3) is 0 Å². The first-order valence-corrected chi connectivity index (χ1v) is 4.86. The number of nitrogens with one attached hydrogen (secondary N) is 1. The first-order valence-electron chi connectivity index (χ1n) is 4.49. The molecule has 1 N–H and O–H groups in total. The number of hydrogen-bond donors (Lipinski definition) is 1. The van der Waals surface area contributed by atoms with Gasteiger partial charge in [-0.15, -0.1) is 0 Å². The average Bonchev–Trinajstić information content (AvgIpc) is 2.21. The van der Waals surface area contributed by atoms with E-state index >= 15 is 0 Å². The lowest BCUT2D eigenvalue weighted by molar-refractivity contribution is -0.125. The SMILES string of the molecule is N#CC(NCC(F)(F)F)c1c(F)cccc1Cl. The zero-order valence-corrected chi connectivity index (χ0v) is 9.11. The Labute approximate surface area is 99.8 Å². The zero-order chi connectivity index (χ0) is 13.1. The van der Waals surface area contributed by atoms with E-state index in [0.717, 1.165) is 6.07 Å². The van der Waals surface area contributed by atoms with Crippen molar-refractivity contribution in [3.05, 3.63) is 34.6 Å². The lowest BCUT2D eigenvalue weighted by atomic mass is 10.1. The number of alkyl halides is 3. The van der Waals surface area contributed by atoms with Crippen LogP contribution in [-0.2, 0) is 0 Å². The minimum Gasteiger partial charge on any atom is -0.290 e. The van der Waals surface area contributed by atoms with Gasteiger partial charge >= 0.3 is 6.18 Å². The number of hydrogen-bond acceptors (Lipinski definition) is 2. The molecule has 0 spiro atoms. The second-order valence-corrected chi connectivity index (χ2v) is 3.60. The number of rotatable bonds is 3. The molecule has 0 fully saturated rings. The van der Waals surface area contributed by atoms with Crippen LogP contribution in [-0.4, -0.2) is 12.7 Å². The lowest BCUT2D eigenvalue weighted by Gasteiger charge is -2.15. The van der Waals surface area contributed by atoms with E-state index in [-0.39, 0.29) is 10.6 Å². The number of halogens is 5. The Hall–Kier alpha value is -1.32. The van der Waals surface area contributed by atoms with Gasteiger partial charge in [0.1, 0.15) is 11.9 Å². The van der Waals surface area contributed by atoms with Crippen molar-refractivity contribution in [2.24, 2.45) is 0 Å². The molecule has 0 amide bonds. The summed E-state index contributed by atoms with van der Waals surface area (Å²) in [6.45, 7) is -1.39. The monoisotopic (exact) mass is 266 g/mol. The molecule has 1 atom stereocenters. The predicted molar refractivity (Wildman–Crippen MR) is 53.8 cm³/mol. The summed E-state index contributed by atoms with van der Waals surface area (Å²) in [6, 6.07) is 3.74. The maximum atomic E-state index is 13.4. The first kappa shape index (κ1) is 13.7. The second kappa shape index (κ2) is 5.34. The fourth-order valence-corrected chi connectivity index (χ4v) is 1.49. The molecule has 0 bridgehead atoms. The van der Waals surface area contributed by atoms with Gasteiger partial charge in [-0.1, -0.05) is 17.7 Å². The fraction of sp³-hybridized carbons (Fsp3) is 0.300. The van der Waals surface area contributed by atoms with Crippen LogP contribution in [0.4, 0.5) is 17.6 Å². The topological polar surface area (TPSA) is 35.8 Å². The molecule has 92 valence electrons. The van der Waals surface area contributed by atoms with Crippen LogP contribution >= 0.6 is 11.6 Å². The van der Waals surface area contributed by atoms with Gasteiger partial charge in [0, 0.05) is 10.6 Å². The third kappa shape index (κ3) is 3.88. The van der Waals surface area contributed by atoms with Crippen molar-refractivity contribution in [1.29, 1.82) is 5.26 Å². The Morgan fingerprint density at radius 1 is 1.41 bits per heavy atom. The molecule has 0 heterocycles. The van der Waals surface area contributed by atoms with Crippen LogP contribution in [0.2, 0.25) is 5.02 Å². The highest BCUT2D eigenvalue weighted by atomic mass is 35.5. The molecule has 0 aliphatic rings. The molecule has 0 aliphatic carbocycles. The third-order valence-corrected chi connectivity index (χ3v) is 2.25. The van der Waals surface area contributed by atoms with E-state index in [1.807, 2.05) is 5.32 Å². The standard InChI is InChI=1S/C10H7ClF4N2/c11-6-2-1-3-7(12)9(6)8(4-16)17-5-10(13,14)15/h1-3,8,17H,5H2. The summed E-state index contributed by atoms with van der Waals surface area (Å²) >= 11 is 5.64. The molecule has 1 aromatic rings. The molecule has 2 nitrogen and oxygen atoms in total. The van der Waals surface area contributed by atoms with Gasteiger partial charge in [0.15, 0.2) is 0 Å². The highest BCUT2D eigenvalue weighted by Crippen LogP contribution is 2.26. The highest BCUT2D eigenvalue weighted by Gasteiger charge is 2.29. The fourth-order valence-electron chi connectivity index (χ4n) is 1.22. The normalized spacial score (nSPS) is 13.2. The van der Waals surface area contributed by atoms with Crippen LogP contribution in [0.5, 0.6) is 0 Å². The van der Waals surface area contributed by atoms with Crippen molar-refractivity contribution < 1.29 is 17.6 Å². The summed E-state index contributed by atoms with van der Waals surface area (Å²) in [5, 5.41) is 10.5. The Balaban J connectivity index is 2.92. The third-order valence-electron chi connectivity index (χ3n) is 1.92. The van der Waals surface area contributed by atoms with Crippen LogP contribution < -0.4 is 5.32 Å². The lowest BCUT2D eigenvalue weighted by Crippen LogP contribution is -2.32. The molecule has 1 unspecified atom stereocenters. The molecular weight excluding hydrogens is 260 g/mol. The van der Waals surface area contributed by atoms with E-state index < -0.39 is 24.6 Å². The van der Waals surface area contributed by atoms with E-state index in [9.17, 15) is 17.6 Å². The van der Waals surface area contributed by atoms with Gasteiger partial charge in [0.05, 0.1) is 12.6 Å². The average molecular weight is 267 g/mol. The van der Waals surface area contributed by atoms with Crippen molar-refractivity contribution in [3.63, 3.8) is 0 Å². The Morgan fingerprint density at radius 3 is 2.53 bits per heavy atom. The van der Waals surface area contributed by atoms with Crippen molar-refractivity contribution in [1.82, 2.24) is 5.32 Å². The number of benzene rings is 1. The summed E-state index contributed by atoms with van der Waals surface area (Å²) in [5.41, 5.74) is -0.277. The molecule has 1 rings (SSSR count). The van der Waals surface area contributed by atoms with Crippen molar-refractivity contribution >= 4 is 11.6 Å². The van der Waals surface area contributed by atoms with E-state index in [1.54, 1.807) is 0 Å². The van der Waals surface area contributed by atoms with Crippen molar-refractivity contribution in [2.75, 3.05) is 6.54 Å². The van der Waals surface area contributed by atoms with E-state index in [4.69, 9.17) is 16.9 Å². The summed E-state index contributed by atoms with van der Waals surface area (Å²) < 4.78 is 49.3. The van der Waals surface area contributed by atoms with Crippen LogP contribution in [0.15, 0.2) is 18.2 Å². The quantitative estimate of drug-likeness (QED) is 0.853. The maximum absolute atomic E-state index is 13.4. The van der Waals surface area contributed by atoms with Gasteiger partial charge in [-0.25, -0.2) is 4.39 Å². The van der Waals surface area contributed by atoms with E-state index in [0.29, 0.717) is 0 Å². The van der Waals surface area contributed by atoms with Crippen molar-refractivity contribution in [3.8, 4) is 6.07 Å². The first-order chi connectivity index (χ1) is 7.85. The Morgan fingerprint density at radius 2 is 2.06 bits per heavy atom. The largest absolute Gasteiger partial charge is 0.401 e. The zero-order valence-electron chi connectivity index (χ0n) is 8.35. The maximum Gasteiger partial charge on any atom is 0.401 e. The second-order valence-electron chi connectivity index (χ2n) is 3.19. The molecule has 0 aromatic heterocycles. The predicted octanol–water partition coefficient (Wildman–Crippen LogP) is 3.20. The summed E-state index contributed by atoms with van der Waals surface area (Å²) in [5.74, 6) is -0.821. The molecule has 0 saturated carbocycles. The van der Waals surface area contributed by atoms with Crippen LogP contribution in [0.1, 0.15) is 11.6 Å². The van der Waals surface area contributed by atoms with Gasteiger partial charge in [0.2, 0.25) is 0 Å². The molecule has 0 saturated heterocycles.